The van der Waals surface area contributed by atoms with Gasteiger partial charge in [-0.1, -0.05) is 0 Å². The highest BCUT2D eigenvalue weighted by molar-refractivity contribution is 5.89. The molecule has 1 unspecified atom stereocenters. The van der Waals surface area contributed by atoms with Crippen LogP contribution in [0.4, 0.5) is 4.79 Å². The Hall–Kier alpha value is -1.59. The lowest BCUT2D eigenvalue weighted by Gasteiger charge is -2.13. The maximum atomic E-state index is 11.0. The van der Waals surface area contributed by atoms with Gasteiger partial charge < -0.3 is 14.8 Å². The summed E-state index contributed by atoms with van der Waals surface area (Å²) in [6.07, 6.45) is -0.949. The number of amides is 1. The minimum absolute atomic E-state index is 0.194. The van der Waals surface area contributed by atoms with Crippen molar-refractivity contribution in [1.82, 2.24) is 5.32 Å². The molecule has 1 N–H and O–H groups in total. The largest absolute Gasteiger partial charge is 0.469 e. The van der Waals surface area contributed by atoms with Crippen molar-refractivity contribution < 1.29 is 23.9 Å². The van der Waals surface area contributed by atoms with Crippen LogP contribution in [0.1, 0.15) is 13.3 Å². The molecule has 0 aromatic rings. The summed E-state index contributed by atoms with van der Waals surface area (Å²) in [4.78, 5) is 32.6. The second kappa shape index (κ2) is 5.95. The highest BCUT2D eigenvalue weighted by Crippen LogP contribution is 1.96. The van der Waals surface area contributed by atoms with E-state index < -0.39 is 18.1 Å². The van der Waals surface area contributed by atoms with Crippen LogP contribution in [0.15, 0.2) is 0 Å². The molecule has 0 saturated heterocycles. The van der Waals surface area contributed by atoms with Gasteiger partial charge in [-0.2, -0.15) is 0 Å². The Morgan fingerprint density at radius 1 is 1.21 bits per heavy atom. The average molecular weight is 203 g/mol. The topological polar surface area (TPSA) is 81.7 Å². The van der Waals surface area contributed by atoms with E-state index in [1.54, 1.807) is 0 Å². The maximum Gasteiger partial charge on any atom is 0.407 e. The van der Waals surface area contributed by atoms with Crippen LogP contribution < -0.4 is 5.32 Å². The smallest absolute Gasteiger partial charge is 0.407 e. The summed E-state index contributed by atoms with van der Waals surface area (Å²) in [7, 11) is 2.38. The normalized spacial score (nSPS) is 11.4. The first-order valence-corrected chi connectivity index (χ1v) is 3.93. The molecule has 0 aliphatic carbocycles. The molecule has 14 heavy (non-hydrogen) atoms. The molecule has 0 aromatic heterocycles. The van der Waals surface area contributed by atoms with Gasteiger partial charge in [-0.15, -0.1) is 0 Å². The summed E-state index contributed by atoms with van der Waals surface area (Å²) in [5.41, 5.74) is 0. The average Bonchev–Trinajstić information content (AvgIpc) is 2.16. The van der Waals surface area contributed by atoms with Crippen molar-refractivity contribution in [3.8, 4) is 0 Å². The summed E-state index contributed by atoms with van der Waals surface area (Å²) in [6, 6.07) is -0.894. The quantitative estimate of drug-likeness (QED) is 0.643. The highest BCUT2D eigenvalue weighted by atomic mass is 16.5. The number of carbonyl (C=O) groups is 3. The predicted molar refractivity (Wildman–Crippen MR) is 46.6 cm³/mol. The van der Waals surface area contributed by atoms with Crippen molar-refractivity contribution in [3.63, 3.8) is 0 Å². The summed E-state index contributed by atoms with van der Waals surface area (Å²) in [6.45, 7) is 1.27. The van der Waals surface area contributed by atoms with Gasteiger partial charge in [-0.05, 0) is 6.92 Å². The van der Waals surface area contributed by atoms with Crippen LogP contribution in [0.5, 0.6) is 0 Å². The number of rotatable bonds is 4. The summed E-state index contributed by atoms with van der Waals surface area (Å²) in [5.74, 6) is -0.901. The van der Waals surface area contributed by atoms with Crippen LogP contribution in [0.25, 0.3) is 0 Å². The van der Waals surface area contributed by atoms with Gasteiger partial charge in [0.1, 0.15) is 6.04 Å². The van der Waals surface area contributed by atoms with Crippen LogP contribution in [-0.4, -0.2) is 38.1 Å². The zero-order valence-corrected chi connectivity index (χ0v) is 8.33. The lowest BCUT2D eigenvalue weighted by atomic mass is 10.1. The third-order valence-electron chi connectivity index (χ3n) is 1.57. The number of hydrogen-bond donors (Lipinski definition) is 1. The van der Waals surface area contributed by atoms with Crippen LogP contribution in [0.2, 0.25) is 0 Å². The summed E-state index contributed by atoms with van der Waals surface area (Å²) in [5, 5.41) is 2.22. The summed E-state index contributed by atoms with van der Waals surface area (Å²) >= 11 is 0. The molecule has 0 fully saturated rings. The number of ketones is 1. The van der Waals surface area contributed by atoms with Crippen molar-refractivity contribution in [1.29, 1.82) is 0 Å². The first-order chi connectivity index (χ1) is 6.51. The molecule has 6 heteroatoms. The Morgan fingerprint density at radius 3 is 2.14 bits per heavy atom. The van der Waals surface area contributed by atoms with Crippen LogP contribution in [-0.2, 0) is 19.1 Å². The van der Waals surface area contributed by atoms with E-state index in [1.807, 2.05) is 0 Å². The van der Waals surface area contributed by atoms with Crippen LogP contribution in [0.3, 0.4) is 0 Å². The molecule has 0 rings (SSSR count). The van der Waals surface area contributed by atoms with Crippen LogP contribution >= 0.6 is 0 Å². The van der Waals surface area contributed by atoms with E-state index >= 15 is 0 Å². The first kappa shape index (κ1) is 12.4. The molecule has 80 valence electrons. The van der Waals surface area contributed by atoms with E-state index in [9.17, 15) is 14.4 Å². The number of methoxy groups -OCH3 is 2. The van der Waals surface area contributed by atoms with E-state index in [0.717, 1.165) is 0 Å². The van der Waals surface area contributed by atoms with Gasteiger partial charge in [-0.3, -0.25) is 9.59 Å². The lowest BCUT2D eigenvalue weighted by molar-refractivity contribution is -0.142. The summed E-state index contributed by atoms with van der Waals surface area (Å²) < 4.78 is 8.65. The molecular formula is C8H13NO5. The van der Waals surface area contributed by atoms with E-state index in [0.29, 0.717) is 0 Å². The van der Waals surface area contributed by atoms with Gasteiger partial charge in [0.05, 0.1) is 20.6 Å². The molecule has 0 heterocycles. The highest BCUT2D eigenvalue weighted by Gasteiger charge is 2.20. The molecule has 0 spiro atoms. The van der Waals surface area contributed by atoms with Crippen molar-refractivity contribution >= 4 is 17.8 Å². The SMILES string of the molecule is COC(=O)CC(NC(=O)OC)C(C)=O. The number of carbonyl (C=O) groups excluding carboxylic acids is 3. The van der Waals surface area contributed by atoms with Gasteiger partial charge in [0.2, 0.25) is 0 Å². The fourth-order valence-electron chi connectivity index (χ4n) is 0.748. The molecule has 0 radical (unpaired) electrons. The molecule has 0 aromatic carbocycles. The van der Waals surface area contributed by atoms with Crippen molar-refractivity contribution in [3.05, 3.63) is 0 Å². The van der Waals surface area contributed by atoms with Gasteiger partial charge in [0.25, 0.3) is 0 Å². The number of nitrogens with one attached hydrogen (secondary N) is 1. The first-order valence-electron chi connectivity index (χ1n) is 3.93. The molecule has 0 saturated carbocycles. The minimum Gasteiger partial charge on any atom is -0.469 e. The van der Waals surface area contributed by atoms with Gasteiger partial charge >= 0.3 is 12.1 Å². The molecule has 0 bridgehead atoms. The fourth-order valence-corrected chi connectivity index (χ4v) is 0.748. The van der Waals surface area contributed by atoms with Crippen molar-refractivity contribution in [2.45, 2.75) is 19.4 Å². The number of esters is 1. The zero-order valence-electron chi connectivity index (χ0n) is 8.33. The third-order valence-corrected chi connectivity index (χ3v) is 1.57. The zero-order chi connectivity index (χ0) is 11.1. The Morgan fingerprint density at radius 2 is 1.79 bits per heavy atom. The van der Waals surface area contributed by atoms with Crippen molar-refractivity contribution in [2.75, 3.05) is 14.2 Å². The predicted octanol–water partition coefficient (Wildman–Crippen LogP) is -0.137. The molecule has 1 amide bonds. The van der Waals surface area contributed by atoms with E-state index in [1.165, 1.54) is 21.1 Å². The lowest BCUT2D eigenvalue weighted by Crippen LogP contribution is -2.41. The molecule has 1 atom stereocenters. The van der Waals surface area contributed by atoms with E-state index in [-0.39, 0.29) is 12.2 Å². The molecule has 6 nitrogen and oxygen atoms in total. The maximum absolute atomic E-state index is 11.0. The number of alkyl carbamates (subject to hydrolysis) is 1. The van der Waals surface area contributed by atoms with Crippen molar-refractivity contribution in [2.24, 2.45) is 0 Å². The molecular weight excluding hydrogens is 190 g/mol. The Labute approximate surface area is 81.6 Å². The van der Waals surface area contributed by atoms with Gasteiger partial charge in [0, 0.05) is 0 Å². The van der Waals surface area contributed by atoms with Gasteiger partial charge in [-0.25, -0.2) is 4.79 Å². The minimum atomic E-state index is -0.894. The standard InChI is InChI=1S/C8H13NO5/c1-5(10)6(4-7(11)13-2)9-8(12)14-3/h6H,4H2,1-3H3,(H,9,12). The number of hydrogen-bond acceptors (Lipinski definition) is 5. The van der Waals surface area contributed by atoms with Gasteiger partial charge in [0.15, 0.2) is 5.78 Å². The second-order valence-electron chi connectivity index (χ2n) is 2.58. The monoisotopic (exact) mass is 203 g/mol. The third kappa shape index (κ3) is 4.44. The Bertz CT molecular complexity index is 220. The molecule has 0 aliphatic rings. The van der Waals surface area contributed by atoms with Crippen LogP contribution in [0, 0.1) is 0 Å². The molecule has 0 aliphatic heterocycles. The van der Waals surface area contributed by atoms with E-state index in [4.69, 9.17) is 0 Å². The second-order valence-corrected chi connectivity index (χ2v) is 2.58. The Balaban J connectivity index is 4.23. The fraction of sp³-hybridized carbons (Fsp3) is 0.625. The number of ether oxygens (including phenoxy) is 2. The van der Waals surface area contributed by atoms with E-state index in [2.05, 4.69) is 14.8 Å². The Kier molecular flexibility index (Phi) is 5.28. The number of Topliss-reactive ketones (excluding diaryl/α,β-unsaturated/α-hetero) is 1.